The lowest BCUT2D eigenvalue weighted by molar-refractivity contribution is 0.0620. The molecular formula is C32H20O16. The summed E-state index contributed by atoms with van der Waals surface area (Å²) in [6.07, 6.45) is 0. The van der Waals surface area contributed by atoms with E-state index in [0.29, 0.717) is 0 Å². The number of carbonyl (C=O) groups is 8. The molecule has 4 rings (SSSR count). The summed E-state index contributed by atoms with van der Waals surface area (Å²) in [5, 5.41) is 73.3. The maximum Gasteiger partial charge on any atom is 0.337 e. The van der Waals surface area contributed by atoms with Crippen LogP contribution in [0.2, 0.25) is 0 Å². The van der Waals surface area contributed by atoms with Gasteiger partial charge in [0.25, 0.3) is 0 Å². The summed E-state index contributed by atoms with van der Waals surface area (Å²) in [6.45, 7) is 0. The molecule has 16 nitrogen and oxygen atoms in total. The second-order valence-electron chi connectivity index (χ2n) is 9.42. The van der Waals surface area contributed by atoms with Crippen molar-refractivity contribution in [3.8, 4) is 22.3 Å². The monoisotopic (exact) mass is 660 g/mol. The van der Waals surface area contributed by atoms with Gasteiger partial charge in [-0.2, -0.15) is 0 Å². The van der Waals surface area contributed by atoms with Crippen molar-refractivity contribution in [3.05, 3.63) is 117 Å². The molecule has 48 heavy (non-hydrogen) atoms. The predicted molar refractivity (Wildman–Crippen MR) is 159 cm³/mol. The molecule has 0 fully saturated rings. The predicted octanol–water partition coefficient (Wildman–Crippen LogP) is 4.29. The van der Waals surface area contributed by atoms with E-state index in [1.807, 2.05) is 0 Å². The van der Waals surface area contributed by atoms with Crippen LogP contribution in [0.5, 0.6) is 0 Å². The molecule has 0 unspecified atom stereocenters. The van der Waals surface area contributed by atoms with Crippen molar-refractivity contribution in [1.29, 1.82) is 0 Å². The van der Waals surface area contributed by atoms with Gasteiger partial charge in [0.1, 0.15) is 0 Å². The number of hydrogen-bond acceptors (Lipinski definition) is 8. The fourth-order valence-corrected chi connectivity index (χ4v) is 4.53. The summed E-state index contributed by atoms with van der Waals surface area (Å²) < 4.78 is 0. The number of carboxylic acids is 8. The van der Waals surface area contributed by atoms with Crippen LogP contribution in [0.4, 0.5) is 0 Å². The summed E-state index contributed by atoms with van der Waals surface area (Å²) in [5.41, 5.74) is -4.92. The lowest BCUT2D eigenvalue weighted by atomic mass is 9.88. The fraction of sp³-hybridized carbons (Fsp3) is 0. The fourth-order valence-electron chi connectivity index (χ4n) is 4.53. The minimum Gasteiger partial charge on any atom is -0.478 e. The van der Waals surface area contributed by atoms with E-state index in [-0.39, 0.29) is 22.3 Å². The van der Waals surface area contributed by atoms with Crippen molar-refractivity contribution < 1.29 is 79.2 Å². The lowest BCUT2D eigenvalue weighted by Crippen LogP contribution is -2.20. The molecule has 0 atom stereocenters. The maximum atomic E-state index is 11.6. The Morgan fingerprint density at radius 1 is 0.312 bits per heavy atom. The number of hydrogen-bond donors (Lipinski definition) is 8. The highest BCUT2D eigenvalue weighted by atomic mass is 16.4. The molecule has 0 amide bonds. The molecule has 244 valence electrons. The molecular weight excluding hydrogens is 640 g/mol. The summed E-state index contributed by atoms with van der Waals surface area (Å²) in [5.74, 6) is -12.8. The van der Waals surface area contributed by atoms with Gasteiger partial charge in [-0.15, -0.1) is 0 Å². The second kappa shape index (κ2) is 14.2. The van der Waals surface area contributed by atoms with Crippen molar-refractivity contribution >= 4 is 47.8 Å². The molecule has 0 aromatic heterocycles. The molecule has 0 spiro atoms. The van der Waals surface area contributed by atoms with Gasteiger partial charge in [0.2, 0.25) is 0 Å². The van der Waals surface area contributed by atoms with E-state index in [4.69, 9.17) is 20.4 Å². The highest BCUT2D eigenvalue weighted by molar-refractivity contribution is 6.16. The second-order valence-corrected chi connectivity index (χ2v) is 9.42. The molecule has 8 N–H and O–H groups in total. The van der Waals surface area contributed by atoms with Crippen molar-refractivity contribution in [2.75, 3.05) is 0 Å². The van der Waals surface area contributed by atoms with Gasteiger partial charge in [-0.05, 0) is 52.6 Å². The number of carboxylic acid groups (broad SMARTS) is 8. The third-order valence-electron chi connectivity index (χ3n) is 6.58. The first kappa shape index (κ1) is 35.1. The smallest absolute Gasteiger partial charge is 0.337 e. The summed E-state index contributed by atoms with van der Waals surface area (Å²) in [4.78, 5) is 90.2. The van der Waals surface area contributed by atoms with Crippen LogP contribution in [0.3, 0.4) is 0 Å². The average Bonchev–Trinajstić information content (AvgIpc) is 3.03. The zero-order valence-electron chi connectivity index (χ0n) is 23.8. The van der Waals surface area contributed by atoms with Crippen LogP contribution in [0.15, 0.2) is 72.8 Å². The molecule has 0 saturated carbocycles. The first-order valence-electron chi connectivity index (χ1n) is 12.9. The van der Waals surface area contributed by atoms with E-state index in [2.05, 4.69) is 0 Å². The maximum absolute atomic E-state index is 11.6. The molecule has 0 aliphatic rings. The Balaban J connectivity index is 0.000000260. The Bertz CT molecular complexity index is 1970. The normalized spacial score (nSPS) is 10.2. The van der Waals surface area contributed by atoms with Gasteiger partial charge in [0.15, 0.2) is 0 Å². The quantitative estimate of drug-likeness (QED) is 0.118. The van der Waals surface area contributed by atoms with E-state index in [1.165, 1.54) is 24.3 Å². The lowest BCUT2D eigenvalue weighted by Gasteiger charge is -2.14. The van der Waals surface area contributed by atoms with Gasteiger partial charge in [-0.3, -0.25) is 0 Å². The Morgan fingerprint density at radius 2 is 0.688 bits per heavy atom. The largest absolute Gasteiger partial charge is 0.478 e. The molecule has 4 aromatic rings. The van der Waals surface area contributed by atoms with Crippen LogP contribution >= 0.6 is 0 Å². The Hall–Kier alpha value is -7.36. The average molecular weight is 660 g/mol. The van der Waals surface area contributed by atoms with Crippen molar-refractivity contribution in [1.82, 2.24) is 0 Å². The molecule has 0 radical (unpaired) electrons. The van der Waals surface area contributed by atoms with Crippen molar-refractivity contribution in [2.45, 2.75) is 0 Å². The van der Waals surface area contributed by atoms with E-state index in [0.717, 1.165) is 30.3 Å². The molecule has 16 heteroatoms. The van der Waals surface area contributed by atoms with Gasteiger partial charge in [0.05, 0.1) is 44.5 Å². The number of aromatic carboxylic acids is 8. The van der Waals surface area contributed by atoms with Crippen LogP contribution in [0.25, 0.3) is 22.3 Å². The van der Waals surface area contributed by atoms with Gasteiger partial charge < -0.3 is 40.9 Å². The standard InChI is InChI=1S/2C16H10O8/c17-13(18)9-3-1-7(5-11(9)15(21)22)8-2-4-10(14(19)20)12(6-8)16(23)24;17-13(18)9-6-8(7-4-2-1-3-5-7)10(14(19)20)12(16(23)24)11(9)15(21)22/h2*1-6H,(H,17,18)(H,19,20)(H,21,22)(H,23,24). The van der Waals surface area contributed by atoms with Gasteiger partial charge >= 0.3 is 47.8 Å². The molecule has 0 heterocycles. The summed E-state index contributed by atoms with van der Waals surface area (Å²) >= 11 is 0. The number of benzene rings is 4. The van der Waals surface area contributed by atoms with Crippen LogP contribution in [-0.2, 0) is 0 Å². The Morgan fingerprint density at radius 3 is 1.02 bits per heavy atom. The van der Waals surface area contributed by atoms with Crippen LogP contribution < -0.4 is 0 Å². The topological polar surface area (TPSA) is 298 Å². The summed E-state index contributed by atoms with van der Waals surface area (Å²) in [6, 6.07) is 15.5. The van der Waals surface area contributed by atoms with Crippen molar-refractivity contribution in [3.63, 3.8) is 0 Å². The number of rotatable bonds is 10. The SMILES string of the molecule is O=C(O)c1cc(-c2ccccc2)c(C(=O)O)c(C(=O)O)c1C(=O)O.O=C(O)c1ccc(-c2ccc(C(=O)O)c(C(=O)O)c2)cc1C(=O)O. The first-order chi connectivity index (χ1) is 22.5. The van der Waals surface area contributed by atoms with E-state index >= 15 is 0 Å². The van der Waals surface area contributed by atoms with Crippen LogP contribution in [-0.4, -0.2) is 88.6 Å². The zero-order chi connectivity index (χ0) is 36.0. The van der Waals surface area contributed by atoms with Crippen LogP contribution in [0, 0.1) is 0 Å². The minimum absolute atomic E-state index is 0.192. The third-order valence-corrected chi connectivity index (χ3v) is 6.58. The van der Waals surface area contributed by atoms with E-state index < -0.39 is 92.3 Å². The highest BCUT2D eigenvalue weighted by Crippen LogP contribution is 2.32. The first-order valence-corrected chi connectivity index (χ1v) is 12.9. The molecule has 4 aromatic carbocycles. The Kier molecular flexibility index (Phi) is 10.4. The van der Waals surface area contributed by atoms with Crippen LogP contribution in [0.1, 0.15) is 82.9 Å². The third kappa shape index (κ3) is 7.29. The zero-order valence-corrected chi connectivity index (χ0v) is 23.8. The minimum atomic E-state index is -1.84. The molecule has 0 bridgehead atoms. The van der Waals surface area contributed by atoms with Gasteiger partial charge in [-0.25, -0.2) is 38.4 Å². The highest BCUT2D eigenvalue weighted by Gasteiger charge is 2.32. The molecule has 0 aliphatic heterocycles. The van der Waals surface area contributed by atoms with Crippen molar-refractivity contribution in [2.24, 2.45) is 0 Å². The van der Waals surface area contributed by atoms with E-state index in [9.17, 15) is 58.8 Å². The van der Waals surface area contributed by atoms with Gasteiger partial charge in [0, 0.05) is 0 Å². The molecule has 0 aliphatic carbocycles. The molecule has 0 saturated heterocycles. The van der Waals surface area contributed by atoms with E-state index in [1.54, 1.807) is 18.2 Å². The van der Waals surface area contributed by atoms with Gasteiger partial charge in [-0.1, -0.05) is 42.5 Å². The Labute approximate surface area is 266 Å². The summed E-state index contributed by atoms with van der Waals surface area (Å²) in [7, 11) is 0.